The van der Waals surface area contributed by atoms with Gasteiger partial charge < -0.3 is 4.42 Å². The first-order valence-corrected chi connectivity index (χ1v) is 13.8. The van der Waals surface area contributed by atoms with Crippen molar-refractivity contribution in [2.45, 2.75) is 0 Å². The lowest BCUT2D eigenvalue weighted by Crippen LogP contribution is -1.96. The molecular weight excluding hydrogens is 500 g/mol. The van der Waals surface area contributed by atoms with Gasteiger partial charge in [-0.1, -0.05) is 121 Å². The second kappa shape index (κ2) is 9.58. The fraction of sp³-hybridized carbons (Fsp3) is 0. The molecule has 3 heteroatoms. The maximum Gasteiger partial charge on any atom is 0.160 e. The van der Waals surface area contributed by atoms with Gasteiger partial charge in [0, 0.05) is 27.5 Å². The zero-order chi connectivity index (χ0) is 27.2. The fourth-order valence-corrected chi connectivity index (χ4v) is 5.74. The molecule has 0 amide bonds. The smallest absolute Gasteiger partial charge is 0.160 e. The lowest BCUT2D eigenvalue weighted by Gasteiger charge is -2.13. The second-order valence-electron chi connectivity index (χ2n) is 10.2. The van der Waals surface area contributed by atoms with Gasteiger partial charge in [-0.2, -0.15) is 0 Å². The van der Waals surface area contributed by atoms with Crippen LogP contribution in [0, 0.1) is 0 Å². The highest BCUT2D eigenvalue weighted by molar-refractivity contribution is 6.16. The predicted octanol–water partition coefficient (Wildman–Crippen LogP) is 10.2. The van der Waals surface area contributed by atoms with E-state index >= 15 is 0 Å². The summed E-state index contributed by atoms with van der Waals surface area (Å²) in [6.45, 7) is 0. The first-order chi connectivity index (χ1) is 20.3. The summed E-state index contributed by atoms with van der Waals surface area (Å²) in [7, 11) is 0. The van der Waals surface area contributed by atoms with Crippen molar-refractivity contribution in [2.24, 2.45) is 0 Å². The number of hydrogen-bond acceptors (Lipinski definition) is 3. The molecule has 0 unspecified atom stereocenters. The minimum absolute atomic E-state index is 0.693. The van der Waals surface area contributed by atoms with Gasteiger partial charge in [-0.05, 0) is 46.2 Å². The number of fused-ring (bicyclic) bond motifs is 4. The van der Waals surface area contributed by atoms with Crippen LogP contribution in [0.3, 0.4) is 0 Å². The van der Waals surface area contributed by atoms with Gasteiger partial charge in [0.1, 0.15) is 11.2 Å². The van der Waals surface area contributed by atoms with E-state index in [0.29, 0.717) is 5.82 Å². The molecule has 0 radical (unpaired) electrons. The van der Waals surface area contributed by atoms with Crippen molar-refractivity contribution < 1.29 is 4.42 Å². The van der Waals surface area contributed by atoms with Gasteiger partial charge in [-0.15, -0.1) is 0 Å². The molecule has 0 N–H and O–H groups in total. The van der Waals surface area contributed by atoms with Gasteiger partial charge in [0.2, 0.25) is 0 Å². The standard InChI is InChI=1S/C38H24N2O/c1-3-13-26(14-4-1)33-24-34(40-38(39-33)27-15-5-2-6-16-27)28-22-32(30-20-11-17-25-12-7-8-18-29(25)30)37-31-19-9-10-21-35(31)41-36(37)23-28/h1-24H. The molecule has 0 aliphatic heterocycles. The van der Waals surface area contributed by atoms with Crippen molar-refractivity contribution in [3.8, 4) is 45.0 Å². The summed E-state index contributed by atoms with van der Waals surface area (Å²) >= 11 is 0. The number of furan rings is 1. The quantitative estimate of drug-likeness (QED) is 0.230. The highest BCUT2D eigenvalue weighted by Crippen LogP contribution is 2.42. The topological polar surface area (TPSA) is 38.9 Å². The summed E-state index contributed by atoms with van der Waals surface area (Å²) in [5, 5.41) is 4.63. The summed E-state index contributed by atoms with van der Waals surface area (Å²) in [5.41, 5.74) is 8.75. The van der Waals surface area contributed by atoms with Gasteiger partial charge in [-0.3, -0.25) is 0 Å². The largest absolute Gasteiger partial charge is 0.456 e. The molecule has 8 rings (SSSR count). The Bertz CT molecular complexity index is 2140. The van der Waals surface area contributed by atoms with Crippen molar-refractivity contribution in [2.75, 3.05) is 0 Å². The molecule has 192 valence electrons. The molecular formula is C38H24N2O. The number of rotatable bonds is 4. The molecule has 3 nitrogen and oxygen atoms in total. The molecule has 0 aliphatic rings. The fourth-order valence-electron chi connectivity index (χ4n) is 5.74. The van der Waals surface area contributed by atoms with Crippen LogP contribution in [0.5, 0.6) is 0 Å². The average molecular weight is 525 g/mol. The summed E-state index contributed by atoms with van der Waals surface area (Å²) in [6, 6.07) is 50.2. The molecule has 0 saturated heterocycles. The minimum atomic E-state index is 0.693. The number of nitrogens with zero attached hydrogens (tertiary/aromatic N) is 2. The van der Waals surface area contributed by atoms with Crippen LogP contribution in [0.2, 0.25) is 0 Å². The first-order valence-electron chi connectivity index (χ1n) is 13.8. The summed E-state index contributed by atoms with van der Waals surface area (Å²) in [4.78, 5) is 10.1. The van der Waals surface area contributed by atoms with E-state index in [0.717, 1.165) is 55.6 Å². The third-order valence-electron chi connectivity index (χ3n) is 7.68. The Labute approximate surface area is 237 Å². The van der Waals surface area contributed by atoms with Gasteiger partial charge >= 0.3 is 0 Å². The highest BCUT2D eigenvalue weighted by atomic mass is 16.3. The van der Waals surface area contributed by atoms with Crippen LogP contribution in [-0.4, -0.2) is 9.97 Å². The monoisotopic (exact) mass is 524 g/mol. The maximum atomic E-state index is 6.48. The van der Waals surface area contributed by atoms with Crippen molar-refractivity contribution in [3.05, 3.63) is 146 Å². The Hall–Kier alpha value is -5.54. The molecule has 0 atom stereocenters. The maximum absolute atomic E-state index is 6.48. The lowest BCUT2D eigenvalue weighted by atomic mass is 9.92. The van der Waals surface area contributed by atoms with Crippen LogP contribution in [0.4, 0.5) is 0 Å². The Balaban J connectivity index is 1.44. The Morgan fingerprint density at radius 2 is 1.05 bits per heavy atom. The number of aromatic nitrogens is 2. The summed E-state index contributed by atoms with van der Waals surface area (Å²) in [5.74, 6) is 0.693. The molecule has 6 aromatic carbocycles. The van der Waals surface area contributed by atoms with Crippen molar-refractivity contribution in [1.82, 2.24) is 9.97 Å². The summed E-state index contributed by atoms with van der Waals surface area (Å²) < 4.78 is 6.48. The highest BCUT2D eigenvalue weighted by Gasteiger charge is 2.18. The van der Waals surface area contributed by atoms with Crippen LogP contribution >= 0.6 is 0 Å². The van der Waals surface area contributed by atoms with Gasteiger partial charge in [0.15, 0.2) is 5.82 Å². The average Bonchev–Trinajstić information content (AvgIpc) is 3.43. The Kier molecular flexibility index (Phi) is 5.46. The number of benzene rings is 6. The molecule has 0 fully saturated rings. The van der Waals surface area contributed by atoms with Gasteiger partial charge in [0.25, 0.3) is 0 Å². The van der Waals surface area contributed by atoms with Crippen molar-refractivity contribution >= 4 is 32.7 Å². The van der Waals surface area contributed by atoms with Crippen LogP contribution in [-0.2, 0) is 0 Å². The van der Waals surface area contributed by atoms with Crippen molar-refractivity contribution in [1.29, 1.82) is 0 Å². The van der Waals surface area contributed by atoms with E-state index in [9.17, 15) is 0 Å². The predicted molar refractivity (Wildman–Crippen MR) is 169 cm³/mol. The molecule has 0 bridgehead atoms. The minimum Gasteiger partial charge on any atom is -0.456 e. The van der Waals surface area contributed by atoms with E-state index in [1.807, 2.05) is 48.5 Å². The van der Waals surface area contributed by atoms with E-state index in [2.05, 4.69) is 97.1 Å². The van der Waals surface area contributed by atoms with Crippen LogP contribution in [0.25, 0.3) is 77.7 Å². The molecule has 2 heterocycles. The van der Waals surface area contributed by atoms with E-state index < -0.39 is 0 Å². The molecule has 0 spiro atoms. The van der Waals surface area contributed by atoms with Crippen LogP contribution < -0.4 is 0 Å². The van der Waals surface area contributed by atoms with E-state index in [1.165, 1.54) is 16.3 Å². The van der Waals surface area contributed by atoms with E-state index in [4.69, 9.17) is 14.4 Å². The SMILES string of the molecule is c1ccc(-c2cc(-c3cc(-c4cccc5ccccc45)c4c(c3)oc3ccccc34)nc(-c3ccccc3)n2)cc1. The molecule has 2 aromatic heterocycles. The molecule has 0 aliphatic carbocycles. The third-order valence-corrected chi connectivity index (χ3v) is 7.68. The molecule has 0 saturated carbocycles. The number of para-hydroxylation sites is 1. The van der Waals surface area contributed by atoms with E-state index in [1.54, 1.807) is 0 Å². The van der Waals surface area contributed by atoms with E-state index in [-0.39, 0.29) is 0 Å². The lowest BCUT2D eigenvalue weighted by molar-refractivity contribution is 0.669. The first kappa shape index (κ1) is 23.4. The second-order valence-corrected chi connectivity index (χ2v) is 10.2. The zero-order valence-corrected chi connectivity index (χ0v) is 22.2. The van der Waals surface area contributed by atoms with Crippen LogP contribution in [0.1, 0.15) is 0 Å². The normalized spacial score (nSPS) is 11.4. The summed E-state index contributed by atoms with van der Waals surface area (Å²) in [6.07, 6.45) is 0. The number of hydrogen-bond donors (Lipinski definition) is 0. The zero-order valence-electron chi connectivity index (χ0n) is 22.2. The Morgan fingerprint density at radius 1 is 0.415 bits per heavy atom. The van der Waals surface area contributed by atoms with Crippen molar-refractivity contribution in [3.63, 3.8) is 0 Å². The van der Waals surface area contributed by atoms with Crippen LogP contribution in [0.15, 0.2) is 150 Å². The molecule has 41 heavy (non-hydrogen) atoms. The molecule has 8 aromatic rings. The Morgan fingerprint density at radius 3 is 1.85 bits per heavy atom. The third kappa shape index (κ3) is 4.07. The van der Waals surface area contributed by atoms with Gasteiger partial charge in [-0.25, -0.2) is 9.97 Å². The van der Waals surface area contributed by atoms with Gasteiger partial charge in [0.05, 0.1) is 11.4 Å².